The van der Waals surface area contributed by atoms with Gasteiger partial charge in [-0.3, -0.25) is 4.79 Å². The first-order valence-electron chi connectivity index (χ1n) is 3.67. The summed E-state index contributed by atoms with van der Waals surface area (Å²) < 4.78 is 0. The number of nitrogens with zero attached hydrogens (tertiary/aromatic N) is 1. The van der Waals surface area contributed by atoms with Crippen LogP contribution in [0, 0.1) is 10.7 Å². The summed E-state index contributed by atoms with van der Waals surface area (Å²) in [5.74, 6) is 0.0223. The smallest absolute Gasteiger partial charge is 0.234 e. The Labute approximate surface area is 70.2 Å². The van der Waals surface area contributed by atoms with E-state index in [2.05, 4.69) is 5.32 Å². The molecule has 60 valence electrons. The number of thiocyanates is 1. The number of carbonyl (C=O) groups is 1. The Morgan fingerprint density at radius 3 is 3.18 bits per heavy atom. The van der Waals surface area contributed by atoms with Crippen LogP contribution in [0.4, 0.5) is 0 Å². The second-order valence-electron chi connectivity index (χ2n) is 2.48. The zero-order valence-electron chi connectivity index (χ0n) is 6.17. The van der Waals surface area contributed by atoms with E-state index in [1.807, 2.05) is 5.40 Å². The van der Waals surface area contributed by atoms with Crippen LogP contribution in [0.25, 0.3) is 0 Å². The summed E-state index contributed by atoms with van der Waals surface area (Å²) in [6.07, 6.45) is 2.91. The minimum atomic E-state index is -0.137. The van der Waals surface area contributed by atoms with E-state index in [0.29, 0.717) is 0 Å². The molecule has 0 aromatic rings. The van der Waals surface area contributed by atoms with E-state index >= 15 is 0 Å². The highest BCUT2D eigenvalue weighted by atomic mass is 32.2. The fourth-order valence-corrected chi connectivity index (χ4v) is 1.69. The third-order valence-electron chi connectivity index (χ3n) is 1.68. The Morgan fingerprint density at radius 2 is 2.45 bits per heavy atom. The molecule has 0 aromatic carbocycles. The molecular weight excluding hydrogens is 160 g/mol. The number of hydrogen-bond donors (Lipinski definition) is 1. The number of hydrogen-bond acceptors (Lipinski definition) is 3. The number of nitrogens with one attached hydrogen (secondary N) is 1. The van der Waals surface area contributed by atoms with Crippen LogP contribution >= 0.6 is 11.8 Å². The highest BCUT2D eigenvalue weighted by Crippen LogP contribution is 2.18. The summed E-state index contributed by atoms with van der Waals surface area (Å²) >= 11 is 1.07. The van der Waals surface area contributed by atoms with Gasteiger partial charge in [0.1, 0.15) is 5.40 Å². The Bertz CT molecular complexity index is 187. The zero-order chi connectivity index (χ0) is 8.10. The van der Waals surface area contributed by atoms with Gasteiger partial charge in [-0.1, -0.05) is 6.42 Å². The summed E-state index contributed by atoms with van der Waals surface area (Å²) in [6.45, 7) is 0.765. The van der Waals surface area contributed by atoms with Crippen LogP contribution in [0.3, 0.4) is 0 Å². The summed E-state index contributed by atoms with van der Waals surface area (Å²) in [7, 11) is 0. The number of amides is 1. The maximum Gasteiger partial charge on any atom is 0.234 e. The van der Waals surface area contributed by atoms with Crippen molar-refractivity contribution in [1.29, 1.82) is 5.26 Å². The molecule has 0 spiro atoms. The summed E-state index contributed by atoms with van der Waals surface area (Å²) in [5.41, 5.74) is 0. The topological polar surface area (TPSA) is 52.9 Å². The van der Waals surface area contributed by atoms with Gasteiger partial charge in [0.15, 0.2) is 0 Å². The maximum absolute atomic E-state index is 11.1. The summed E-state index contributed by atoms with van der Waals surface area (Å²) in [6, 6.07) is 0. The van der Waals surface area contributed by atoms with Gasteiger partial charge in [-0.2, -0.15) is 5.26 Å². The van der Waals surface area contributed by atoms with Crippen LogP contribution in [-0.4, -0.2) is 17.7 Å². The molecule has 11 heavy (non-hydrogen) atoms. The van der Waals surface area contributed by atoms with Crippen molar-refractivity contribution in [3.63, 3.8) is 0 Å². The quantitative estimate of drug-likeness (QED) is 0.594. The molecule has 0 radical (unpaired) electrons. The van der Waals surface area contributed by atoms with Crippen LogP contribution in [0.15, 0.2) is 0 Å². The van der Waals surface area contributed by atoms with Gasteiger partial charge < -0.3 is 5.32 Å². The van der Waals surface area contributed by atoms with E-state index in [1.54, 1.807) is 0 Å². The van der Waals surface area contributed by atoms with Crippen LogP contribution < -0.4 is 5.32 Å². The molecule has 0 aromatic heterocycles. The van der Waals surface area contributed by atoms with Crippen molar-refractivity contribution in [2.24, 2.45) is 0 Å². The lowest BCUT2D eigenvalue weighted by molar-refractivity contribution is -0.120. The minimum absolute atomic E-state index is 0.0223. The van der Waals surface area contributed by atoms with Crippen LogP contribution in [0.5, 0.6) is 0 Å². The second kappa shape index (κ2) is 4.24. The van der Waals surface area contributed by atoms with E-state index in [-0.39, 0.29) is 11.2 Å². The lowest BCUT2D eigenvalue weighted by Crippen LogP contribution is -2.30. The van der Waals surface area contributed by atoms with Crippen LogP contribution in [-0.2, 0) is 4.79 Å². The fourth-order valence-electron chi connectivity index (χ4n) is 1.09. The molecule has 1 N–H and O–H groups in total. The molecule has 0 saturated carbocycles. The van der Waals surface area contributed by atoms with Crippen molar-refractivity contribution < 1.29 is 4.79 Å². The number of carbonyl (C=O) groups excluding carboxylic acids is 1. The predicted octanol–water partition coefficient (Wildman–Crippen LogP) is 0.869. The van der Waals surface area contributed by atoms with Crippen molar-refractivity contribution in [2.45, 2.75) is 24.5 Å². The van der Waals surface area contributed by atoms with Crippen molar-refractivity contribution in [1.82, 2.24) is 5.32 Å². The standard InChI is InChI=1S/C7H10N2OS/c8-5-11-6-3-1-2-4-9-7(6)10/h6H,1-4H2,(H,9,10)/t6-/m1/s1. The third kappa shape index (κ3) is 2.43. The van der Waals surface area contributed by atoms with Gasteiger partial charge in [0.05, 0.1) is 5.25 Å². The summed E-state index contributed by atoms with van der Waals surface area (Å²) in [5, 5.41) is 12.9. The molecular formula is C7H10N2OS. The second-order valence-corrected chi connectivity index (χ2v) is 3.47. The molecule has 0 bridgehead atoms. The average molecular weight is 170 g/mol. The number of rotatable bonds is 1. The highest BCUT2D eigenvalue weighted by Gasteiger charge is 2.20. The third-order valence-corrected chi connectivity index (χ3v) is 2.52. The average Bonchev–Trinajstić information content (AvgIpc) is 2.18. The lowest BCUT2D eigenvalue weighted by Gasteiger charge is -2.05. The Kier molecular flexibility index (Phi) is 3.24. The fraction of sp³-hybridized carbons (Fsp3) is 0.714. The van der Waals surface area contributed by atoms with Gasteiger partial charge in [-0.05, 0) is 24.6 Å². The van der Waals surface area contributed by atoms with Gasteiger partial charge in [0, 0.05) is 6.54 Å². The van der Waals surface area contributed by atoms with Crippen molar-refractivity contribution >= 4 is 17.7 Å². The first-order chi connectivity index (χ1) is 5.34. The molecule has 3 nitrogen and oxygen atoms in total. The minimum Gasteiger partial charge on any atom is -0.355 e. The van der Waals surface area contributed by atoms with Crippen LogP contribution in [0.2, 0.25) is 0 Å². The molecule has 1 heterocycles. The first-order valence-corrected chi connectivity index (χ1v) is 4.55. The van der Waals surface area contributed by atoms with E-state index in [4.69, 9.17) is 5.26 Å². The molecule has 0 aliphatic carbocycles. The SMILES string of the molecule is N#CS[C@@H]1CCCCNC1=O. The van der Waals surface area contributed by atoms with E-state index in [0.717, 1.165) is 37.6 Å². The van der Waals surface area contributed by atoms with Crippen molar-refractivity contribution in [3.8, 4) is 5.40 Å². The Hall–Kier alpha value is -0.690. The number of nitriles is 1. The number of thioether (sulfide) groups is 1. The molecule has 1 aliphatic heterocycles. The molecule has 1 fully saturated rings. The van der Waals surface area contributed by atoms with E-state index in [9.17, 15) is 4.79 Å². The molecule has 1 atom stereocenters. The summed E-state index contributed by atoms with van der Waals surface area (Å²) in [4.78, 5) is 11.1. The van der Waals surface area contributed by atoms with Crippen LogP contribution in [0.1, 0.15) is 19.3 Å². The Balaban J connectivity index is 2.47. The van der Waals surface area contributed by atoms with Crippen molar-refractivity contribution in [3.05, 3.63) is 0 Å². The largest absolute Gasteiger partial charge is 0.355 e. The van der Waals surface area contributed by atoms with E-state index < -0.39 is 0 Å². The lowest BCUT2D eigenvalue weighted by atomic mass is 10.2. The Morgan fingerprint density at radius 1 is 1.64 bits per heavy atom. The predicted molar refractivity (Wildman–Crippen MR) is 43.9 cm³/mol. The van der Waals surface area contributed by atoms with Crippen molar-refractivity contribution in [2.75, 3.05) is 6.54 Å². The van der Waals surface area contributed by atoms with E-state index in [1.165, 1.54) is 0 Å². The maximum atomic E-state index is 11.1. The first kappa shape index (κ1) is 8.41. The van der Waals surface area contributed by atoms with Gasteiger partial charge in [0.25, 0.3) is 0 Å². The molecule has 0 unspecified atom stereocenters. The normalized spacial score (nSPS) is 25.0. The molecule has 1 saturated heterocycles. The molecule has 1 aliphatic rings. The molecule has 1 amide bonds. The monoisotopic (exact) mass is 170 g/mol. The van der Waals surface area contributed by atoms with Gasteiger partial charge in [0.2, 0.25) is 5.91 Å². The highest BCUT2D eigenvalue weighted by molar-refractivity contribution is 8.04. The van der Waals surface area contributed by atoms with Gasteiger partial charge in [-0.15, -0.1) is 0 Å². The van der Waals surface area contributed by atoms with Gasteiger partial charge >= 0.3 is 0 Å². The zero-order valence-corrected chi connectivity index (χ0v) is 6.99. The molecule has 4 heteroatoms. The molecule has 1 rings (SSSR count). The van der Waals surface area contributed by atoms with Gasteiger partial charge in [-0.25, -0.2) is 0 Å².